The fourth-order valence-electron chi connectivity index (χ4n) is 3.89. The van der Waals surface area contributed by atoms with Crippen molar-refractivity contribution in [1.29, 1.82) is 0 Å². The number of benzene rings is 1. The normalized spacial score (nSPS) is 17.2. The Balaban J connectivity index is 1.61. The van der Waals surface area contributed by atoms with E-state index in [-0.39, 0.29) is 12.0 Å². The molecule has 4 heterocycles. The van der Waals surface area contributed by atoms with Gasteiger partial charge in [-0.2, -0.15) is 9.97 Å². The Hall–Kier alpha value is -3.35. The molecule has 0 aliphatic carbocycles. The van der Waals surface area contributed by atoms with E-state index in [4.69, 9.17) is 5.73 Å². The number of aromatic nitrogens is 5. The van der Waals surface area contributed by atoms with Crippen LogP contribution in [0, 0.1) is 0 Å². The number of hydrogen-bond acceptors (Lipinski definition) is 5. The molecule has 1 aliphatic rings. The molecule has 1 atom stereocenters. The number of nitrogens with two attached hydrogens (primary N) is 1. The van der Waals surface area contributed by atoms with E-state index in [0.717, 1.165) is 30.7 Å². The van der Waals surface area contributed by atoms with E-state index >= 15 is 0 Å². The molecule has 130 valence electrons. The average Bonchev–Trinajstić information content (AvgIpc) is 3.40. The van der Waals surface area contributed by atoms with Gasteiger partial charge in [0.1, 0.15) is 5.52 Å². The van der Waals surface area contributed by atoms with Gasteiger partial charge in [-0.3, -0.25) is 0 Å². The van der Waals surface area contributed by atoms with Crippen LogP contribution in [0.1, 0.15) is 24.6 Å². The van der Waals surface area contributed by atoms with Gasteiger partial charge in [-0.1, -0.05) is 30.3 Å². The lowest BCUT2D eigenvalue weighted by atomic mass is 10.0. The molecule has 7 heteroatoms. The Morgan fingerprint density at radius 2 is 1.96 bits per heavy atom. The third-order valence-corrected chi connectivity index (χ3v) is 5.01. The standard InChI is InChI=1S/C19H19N7/c20-19-24-17-16(22-11-23-17)18(25-19)26-10-4-7-14(26)15-13(8-9-21-15)12-5-2-1-3-6-12/h1-3,5-6,8-9,11,14,21H,4,7,10H2,(H3,20,22,23,24,25)/t14-/m0/s1. The van der Waals surface area contributed by atoms with Crippen molar-refractivity contribution in [2.45, 2.75) is 18.9 Å². The van der Waals surface area contributed by atoms with Crippen LogP contribution in [-0.4, -0.2) is 31.5 Å². The van der Waals surface area contributed by atoms with Gasteiger partial charge in [-0.05, 0) is 24.5 Å². The van der Waals surface area contributed by atoms with Crippen molar-refractivity contribution in [1.82, 2.24) is 24.9 Å². The van der Waals surface area contributed by atoms with Crippen molar-refractivity contribution < 1.29 is 0 Å². The first kappa shape index (κ1) is 14.9. The second-order valence-corrected chi connectivity index (χ2v) is 6.53. The summed E-state index contributed by atoms with van der Waals surface area (Å²) in [6.07, 6.45) is 5.79. The lowest BCUT2D eigenvalue weighted by Crippen LogP contribution is -2.25. The van der Waals surface area contributed by atoms with Crippen molar-refractivity contribution in [2.24, 2.45) is 0 Å². The van der Waals surface area contributed by atoms with Crippen LogP contribution in [-0.2, 0) is 0 Å². The van der Waals surface area contributed by atoms with E-state index in [1.807, 2.05) is 12.3 Å². The van der Waals surface area contributed by atoms with Crippen LogP contribution in [0.3, 0.4) is 0 Å². The molecule has 1 aromatic carbocycles. The van der Waals surface area contributed by atoms with Gasteiger partial charge >= 0.3 is 0 Å². The van der Waals surface area contributed by atoms with E-state index in [1.54, 1.807) is 6.33 Å². The molecule has 0 bridgehead atoms. The van der Waals surface area contributed by atoms with Gasteiger partial charge in [0.05, 0.1) is 12.4 Å². The number of nitrogens with one attached hydrogen (secondary N) is 2. The van der Waals surface area contributed by atoms with Gasteiger partial charge < -0.3 is 20.6 Å². The Labute approximate surface area is 150 Å². The minimum atomic E-state index is 0.209. The van der Waals surface area contributed by atoms with Crippen LogP contribution in [0.4, 0.5) is 11.8 Å². The Morgan fingerprint density at radius 1 is 1.08 bits per heavy atom. The molecule has 4 N–H and O–H groups in total. The largest absolute Gasteiger partial charge is 0.368 e. The lowest BCUT2D eigenvalue weighted by molar-refractivity contribution is 0.696. The maximum atomic E-state index is 5.93. The molecule has 1 fully saturated rings. The highest BCUT2D eigenvalue weighted by molar-refractivity contribution is 5.84. The van der Waals surface area contributed by atoms with Crippen LogP contribution >= 0.6 is 0 Å². The number of H-pyrrole nitrogens is 2. The highest BCUT2D eigenvalue weighted by Gasteiger charge is 2.31. The summed E-state index contributed by atoms with van der Waals surface area (Å²) in [5.41, 5.74) is 11.0. The van der Waals surface area contributed by atoms with Gasteiger partial charge in [0.25, 0.3) is 0 Å². The van der Waals surface area contributed by atoms with Crippen LogP contribution in [0.25, 0.3) is 22.3 Å². The smallest absolute Gasteiger partial charge is 0.224 e. The molecule has 1 aliphatic heterocycles. The predicted molar refractivity (Wildman–Crippen MR) is 102 cm³/mol. The van der Waals surface area contributed by atoms with Crippen LogP contribution < -0.4 is 10.6 Å². The molecule has 0 amide bonds. The molecule has 7 nitrogen and oxygen atoms in total. The van der Waals surface area contributed by atoms with Gasteiger partial charge in [0, 0.05) is 24.0 Å². The summed E-state index contributed by atoms with van der Waals surface area (Å²) < 4.78 is 0. The predicted octanol–water partition coefficient (Wildman–Crippen LogP) is 3.27. The number of nitrogens with zero attached hydrogens (tertiary/aromatic N) is 4. The fraction of sp³-hybridized carbons (Fsp3) is 0.211. The summed E-state index contributed by atoms with van der Waals surface area (Å²) in [4.78, 5) is 21.9. The first-order valence-electron chi connectivity index (χ1n) is 8.77. The third kappa shape index (κ3) is 2.32. The summed E-state index contributed by atoms with van der Waals surface area (Å²) in [6, 6.07) is 12.8. The minimum absolute atomic E-state index is 0.209. The van der Waals surface area contributed by atoms with E-state index in [2.05, 4.69) is 60.2 Å². The Morgan fingerprint density at radius 3 is 2.85 bits per heavy atom. The first-order chi connectivity index (χ1) is 12.8. The van der Waals surface area contributed by atoms with Crippen LogP contribution in [0.2, 0.25) is 0 Å². The van der Waals surface area contributed by atoms with Gasteiger partial charge in [-0.15, -0.1) is 0 Å². The zero-order chi connectivity index (χ0) is 17.5. The quantitative estimate of drug-likeness (QED) is 0.529. The number of fused-ring (bicyclic) bond motifs is 1. The molecule has 0 radical (unpaired) electrons. The van der Waals surface area contributed by atoms with Crippen molar-refractivity contribution in [2.75, 3.05) is 17.2 Å². The summed E-state index contributed by atoms with van der Waals surface area (Å²) >= 11 is 0. The Kier molecular flexibility index (Phi) is 3.38. The van der Waals surface area contributed by atoms with Crippen LogP contribution in [0.15, 0.2) is 48.9 Å². The highest BCUT2D eigenvalue weighted by atomic mass is 15.3. The van der Waals surface area contributed by atoms with E-state index in [0.29, 0.717) is 5.65 Å². The van der Waals surface area contributed by atoms with Crippen molar-refractivity contribution in [3.05, 3.63) is 54.6 Å². The summed E-state index contributed by atoms with van der Waals surface area (Å²) in [5, 5.41) is 0. The Bertz CT molecular complexity index is 1050. The molecular weight excluding hydrogens is 326 g/mol. The third-order valence-electron chi connectivity index (χ3n) is 5.01. The summed E-state index contributed by atoms with van der Waals surface area (Å²) in [7, 11) is 0. The topological polar surface area (TPSA) is 99.5 Å². The average molecular weight is 345 g/mol. The summed E-state index contributed by atoms with van der Waals surface area (Å²) in [5.74, 6) is 1.07. The second kappa shape index (κ2) is 5.87. The van der Waals surface area contributed by atoms with Crippen molar-refractivity contribution in [3.8, 4) is 11.1 Å². The number of imidazole rings is 1. The molecule has 5 rings (SSSR count). The highest BCUT2D eigenvalue weighted by Crippen LogP contribution is 2.40. The van der Waals surface area contributed by atoms with E-state index < -0.39 is 0 Å². The zero-order valence-electron chi connectivity index (χ0n) is 14.2. The number of nitrogen functional groups attached to an aromatic ring is 1. The van der Waals surface area contributed by atoms with Crippen LogP contribution in [0.5, 0.6) is 0 Å². The number of anilines is 2. The monoisotopic (exact) mass is 345 g/mol. The van der Waals surface area contributed by atoms with Crippen molar-refractivity contribution in [3.63, 3.8) is 0 Å². The molecule has 0 saturated carbocycles. The fourth-order valence-corrected chi connectivity index (χ4v) is 3.89. The molecule has 26 heavy (non-hydrogen) atoms. The zero-order valence-corrected chi connectivity index (χ0v) is 14.2. The first-order valence-corrected chi connectivity index (χ1v) is 8.77. The summed E-state index contributed by atoms with van der Waals surface area (Å²) in [6.45, 7) is 0.919. The molecule has 0 unspecified atom stereocenters. The van der Waals surface area contributed by atoms with Gasteiger partial charge in [0.2, 0.25) is 5.95 Å². The van der Waals surface area contributed by atoms with E-state index in [1.165, 1.54) is 16.8 Å². The molecular formula is C19H19N7. The molecule has 4 aromatic rings. The molecule has 0 spiro atoms. The number of aromatic amines is 2. The lowest BCUT2D eigenvalue weighted by Gasteiger charge is -2.26. The minimum Gasteiger partial charge on any atom is -0.368 e. The number of hydrogen-bond donors (Lipinski definition) is 3. The van der Waals surface area contributed by atoms with Gasteiger partial charge in [0.15, 0.2) is 11.5 Å². The van der Waals surface area contributed by atoms with E-state index in [9.17, 15) is 0 Å². The molecule has 1 saturated heterocycles. The molecule has 3 aromatic heterocycles. The SMILES string of the molecule is Nc1nc(N2CCC[C@H]2c2[nH]ccc2-c2ccccc2)c2[nH]cnc2n1. The van der Waals surface area contributed by atoms with Gasteiger partial charge in [-0.25, -0.2) is 4.98 Å². The maximum absolute atomic E-state index is 5.93. The van der Waals surface area contributed by atoms with Crippen molar-refractivity contribution >= 4 is 22.9 Å². The number of rotatable bonds is 3. The maximum Gasteiger partial charge on any atom is 0.224 e. The second-order valence-electron chi connectivity index (χ2n) is 6.53.